The molecular formula is C18H27N3O3S. The van der Waals surface area contributed by atoms with E-state index in [9.17, 15) is 13.5 Å². The summed E-state index contributed by atoms with van der Waals surface area (Å²) in [6.07, 6.45) is 4.62. The molecule has 0 radical (unpaired) electrons. The van der Waals surface area contributed by atoms with E-state index in [2.05, 4.69) is 15.2 Å². The quantitative estimate of drug-likeness (QED) is 0.618. The van der Waals surface area contributed by atoms with E-state index in [1.807, 2.05) is 6.07 Å². The first kappa shape index (κ1) is 18.0. The highest BCUT2D eigenvalue weighted by atomic mass is 32.2. The highest BCUT2D eigenvalue weighted by Gasteiger charge is 2.48. The third-order valence-electron chi connectivity index (χ3n) is 5.41. The van der Waals surface area contributed by atoms with Crippen molar-refractivity contribution in [3.8, 4) is 5.75 Å². The number of hydrogen-bond acceptors (Lipinski definition) is 4. The summed E-state index contributed by atoms with van der Waals surface area (Å²) in [5, 5.41) is 12.9. The van der Waals surface area contributed by atoms with E-state index in [4.69, 9.17) is 0 Å². The largest absolute Gasteiger partial charge is 0.508 e. The third kappa shape index (κ3) is 3.76. The average Bonchev–Trinajstić information content (AvgIpc) is 2.60. The molecule has 0 aromatic heterocycles. The second kappa shape index (κ2) is 7.23. The summed E-state index contributed by atoms with van der Waals surface area (Å²) in [5.41, 5.74) is 0.957. The summed E-state index contributed by atoms with van der Waals surface area (Å²) in [6.45, 7) is 1.54. The lowest BCUT2D eigenvalue weighted by Gasteiger charge is -2.45. The summed E-state index contributed by atoms with van der Waals surface area (Å²) < 4.78 is 24.8. The van der Waals surface area contributed by atoms with Gasteiger partial charge in [-0.3, -0.25) is 4.99 Å². The maximum Gasteiger partial charge on any atom is 0.193 e. The smallest absolute Gasteiger partial charge is 0.193 e. The molecule has 1 heterocycles. The number of phenolic OH excluding ortho intramolecular Hbond substituents is 1. The molecule has 1 aliphatic carbocycles. The molecule has 25 heavy (non-hydrogen) atoms. The monoisotopic (exact) mass is 365 g/mol. The highest BCUT2D eigenvalue weighted by molar-refractivity contribution is 7.92. The number of hydrogen-bond donors (Lipinski definition) is 2. The molecule has 7 heteroatoms. The van der Waals surface area contributed by atoms with Crippen molar-refractivity contribution < 1.29 is 13.5 Å². The Kier molecular flexibility index (Phi) is 5.22. The Hall–Kier alpha value is -1.76. The molecule has 1 saturated carbocycles. The summed E-state index contributed by atoms with van der Waals surface area (Å²) in [7, 11) is -1.33. The van der Waals surface area contributed by atoms with Crippen LogP contribution in [0.4, 0.5) is 0 Å². The molecule has 0 amide bonds. The van der Waals surface area contributed by atoms with E-state index in [-0.39, 0.29) is 11.5 Å². The van der Waals surface area contributed by atoms with Gasteiger partial charge in [0.25, 0.3) is 0 Å². The van der Waals surface area contributed by atoms with E-state index < -0.39 is 14.6 Å². The fourth-order valence-corrected chi connectivity index (χ4v) is 6.15. The fraction of sp³-hybridized carbons (Fsp3) is 0.611. The second-order valence-electron chi connectivity index (χ2n) is 7.05. The van der Waals surface area contributed by atoms with Gasteiger partial charge in [-0.25, -0.2) is 8.42 Å². The van der Waals surface area contributed by atoms with Gasteiger partial charge in [0.1, 0.15) is 5.75 Å². The second-order valence-corrected chi connectivity index (χ2v) is 9.56. The summed E-state index contributed by atoms with van der Waals surface area (Å²) in [5.74, 6) is 1.16. The van der Waals surface area contributed by atoms with Crippen LogP contribution in [0.1, 0.15) is 37.7 Å². The van der Waals surface area contributed by atoms with Gasteiger partial charge in [0.2, 0.25) is 0 Å². The minimum atomic E-state index is -3.05. The van der Waals surface area contributed by atoms with Gasteiger partial charge in [-0.2, -0.15) is 0 Å². The van der Waals surface area contributed by atoms with Crippen molar-refractivity contribution in [1.82, 2.24) is 10.2 Å². The average molecular weight is 365 g/mol. The molecule has 3 rings (SSSR count). The van der Waals surface area contributed by atoms with E-state index >= 15 is 0 Å². The Labute approximate surface area is 149 Å². The molecule has 1 spiro atoms. The number of nitrogens with zero attached hydrogens (tertiary/aromatic N) is 2. The van der Waals surface area contributed by atoms with Gasteiger partial charge in [0, 0.05) is 26.7 Å². The lowest BCUT2D eigenvalue weighted by Crippen LogP contribution is -2.60. The molecule has 0 bridgehead atoms. The number of benzene rings is 1. The number of sulfone groups is 1. The molecule has 0 unspecified atom stereocenters. The predicted octanol–water partition coefficient (Wildman–Crippen LogP) is 1.90. The SMILES string of the molecule is CN=C(NCc1cccc(O)c1)N1CCS(=O)(=O)C2(CCCCC2)C1. The van der Waals surface area contributed by atoms with Gasteiger partial charge in [-0.15, -0.1) is 0 Å². The van der Waals surface area contributed by atoms with Crippen LogP contribution >= 0.6 is 0 Å². The van der Waals surface area contributed by atoms with Gasteiger partial charge in [-0.05, 0) is 30.5 Å². The van der Waals surface area contributed by atoms with E-state index in [0.29, 0.717) is 19.6 Å². The number of aliphatic imine (C=N–C) groups is 1. The fourth-order valence-electron chi connectivity index (χ4n) is 4.00. The maximum absolute atomic E-state index is 12.7. The zero-order valence-electron chi connectivity index (χ0n) is 14.7. The van der Waals surface area contributed by atoms with Crippen LogP contribution in [0.25, 0.3) is 0 Å². The number of guanidine groups is 1. The van der Waals surface area contributed by atoms with Crippen LogP contribution in [-0.4, -0.2) is 55.0 Å². The zero-order valence-corrected chi connectivity index (χ0v) is 15.6. The predicted molar refractivity (Wildman–Crippen MR) is 99.5 cm³/mol. The summed E-state index contributed by atoms with van der Waals surface area (Å²) in [4.78, 5) is 6.43. The van der Waals surface area contributed by atoms with E-state index in [0.717, 1.165) is 43.6 Å². The van der Waals surface area contributed by atoms with Crippen molar-refractivity contribution in [2.45, 2.75) is 43.4 Å². The maximum atomic E-state index is 12.7. The number of rotatable bonds is 2. The molecule has 1 aromatic rings. The summed E-state index contributed by atoms with van der Waals surface area (Å²) >= 11 is 0. The van der Waals surface area contributed by atoms with Crippen LogP contribution < -0.4 is 5.32 Å². The standard InChI is InChI=1S/C18H27N3O3S/c1-19-17(20-13-15-6-5-7-16(22)12-15)21-10-11-25(23,24)18(14-21)8-3-2-4-9-18/h5-7,12,22H,2-4,8-11,13-14H2,1H3,(H,19,20). The molecule has 138 valence electrons. The molecule has 1 aromatic carbocycles. The summed E-state index contributed by atoms with van der Waals surface area (Å²) in [6, 6.07) is 7.09. The number of nitrogens with one attached hydrogen (secondary N) is 1. The number of phenols is 1. The Bertz CT molecular complexity index is 740. The molecule has 6 nitrogen and oxygen atoms in total. The first-order chi connectivity index (χ1) is 12.0. The lowest BCUT2D eigenvalue weighted by molar-refractivity contribution is 0.274. The molecule has 2 N–H and O–H groups in total. The lowest BCUT2D eigenvalue weighted by atomic mass is 9.87. The highest BCUT2D eigenvalue weighted by Crippen LogP contribution is 2.38. The van der Waals surface area contributed by atoms with Gasteiger partial charge in [0.05, 0.1) is 10.5 Å². The Morgan fingerprint density at radius 2 is 2.08 bits per heavy atom. The van der Waals surface area contributed by atoms with Crippen LogP contribution in [0.3, 0.4) is 0 Å². The van der Waals surface area contributed by atoms with Gasteiger partial charge < -0.3 is 15.3 Å². The Morgan fingerprint density at radius 1 is 1.32 bits per heavy atom. The molecular weight excluding hydrogens is 338 g/mol. The minimum absolute atomic E-state index is 0.194. The number of aromatic hydroxyl groups is 1. The topological polar surface area (TPSA) is 82.0 Å². The normalized spacial score (nSPS) is 22.8. The molecule has 1 saturated heterocycles. The molecule has 2 aliphatic rings. The van der Waals surface area contributed by atoms with E-state index in [1.54, 1.807) is 25.2 Å². The Morgan fingerprint density at radius 3 is 2.76 bits per heavy atom. The van der Waals surface area contributed by atoms with E-state index in [1.165, 1.54) is 0 Å². The van der Waals surface area contributed by atoms with Gasteiger partial charge in [0.15, 0.2) is 15.8 Å². The third-order valence-corrected chi connectivity index (χ3v) is 7.98. The molecule has 1 aliphatic heterocycles. The Balaban J connectivity index is 1.71. The van der Waals surface area contributed by atoms with Crippen molar-refractivity contribution >= 4 is 15.8 Å². The van der Waals surface area contributed by atoms with Crippen LogP contribution in [0.2, 0.25) is 0 Å². The minimum Gasteiger partial charge on any atom is -0.508 e. The van der Waals surface area contributed by atoms with Crippen LogP contribution in [-0.2, 0) is 16.4 Å². The van der Waals surface area contributed by atoms with Crippen LogP contribution in [0.5, 0.6) is 5.75 Å². The van der Waals surface area contributed by atoms with Crippen molar-refractivity contribution in [2.24, 2.45) is 4.99 Å². The van der Waals surface area contributed by atoms with Crippen LogP contribution in [0.15, 0.2) is 29.3 Å². The molecule has 2 fully saturated rings. The molecule has 0 atom stereocenters. The van der Waals surface area contributed by atoms with Crippen molar-refractivity contribution in [3.05, 3.63) is 29.8 Å². The van der Waals surface area contributed by atoms with Gasteiger partial charge >= 0.3 is 0 Å². The van der Waals surface area contributed by atoms with Crippen LogP contribution in [0, 0.1) is 0 Å². The van der Waals surface area contributed by atoms with Crippen molar-refractivity contribution in [1.29, 1.82) is 0 Å². The van der Waals surface area contributed by atoms with Crippen molar-refractivity contribution in [2.75, 3.05) is 25.9 Å². The zero-order chi connectivity index (χ0) is 17.9. The first-order valence-electron chi connectivity index (χ1n) is 8.92. The van der Waals surface area contributed by atoms with Crippen molar-refractivity contribution in [3.63, 3.8) is 0 Å². The first-order valence-corrected chi connectivity index (χ1v) is 10.6. The van der Waals surface area contributed by atoms with Gasteiger partial charge in [-0.1, -0.05) is 31.4 Å².